The molecule has 4 heteroatoms. The monoisotopic (exact) mass is 272 g/mol. The smallest absolute Gasteiger partial charge is 0.0719 e. The van der Waals surface area contributed by atoms with Gasteiger partial charge >= 0.3 is 0 Å². The molecule has 1 aliphatic rings. The number of nitrogens with two attached hydrogens (primary N) is 1. The Hall–Kier alpha value is -0.0600. The molecule has 1 saturated heterocycles. The van der Waals surface area contributed by atoms with Crippen LogP contribution in [0.15, 0.2) is 22.8 Å². The topological polar surface area (TPSA) is 38.9 Å². The van der Waals surface area contributed by atoms with Crippen LogP contribution < -0.4 is 5.73 Å². The normalized spacial score (nSPS) is 26.7. The van der Waals surface area contributed by atoms with Gasteiger partial charge in [-0.25, -0.2) is 0 Å². The van der Waals surface area contributed by atoms with Crippen LogP contribution in [0.25, 0.3) is 0 Å². The Balaban J connectivity index is 2.41. The van der Waals surface area contributed by atoms with Crippen molar-refractivity contribution in [3.63, 3.8) is 0 Å². The zero-order valence-electron chi connectivity index (χ0n) is 7.87. The quantitative estimate of drug-likeness (QED) is 0.900. The van der Waals surface area contributed by atoms with E-state index < -0.39 is 0 Å². The molecule has 2 heterocycles. The van der Waals surface area contributed by atoms with E-state index in [1.54, 1.807) is 0 Å². The lowest BCUT2D eigenvalue weighted by atomic mass is 9.99. The molecule has 1 unspecified atom stereocenters. The molecule has 0 amide bonds. The zero-order chi connectivity index (χ0) is 10.0. The molecule has 0 radical (unpaired) electrons. The molecule has 0 bridgehead atoms. The van der Waals surface area contributed by atoms with Gasteiger partial charge in [0.2, 0.25) is 0 Å². The highest BCUT2D eigenvalue weighted by molar-refractivity contribution is 9.10. The van der Waals surface area contributed by atoms with Crippen molar-refractivity contribution in [1.82, 2.24) is 4.98 Å². The molecule has 2 rings (SSSR count). The molecule has 0 aromatic carbocycles. The van der Waals surface area contributed by atoms with Gasteiger partial charge in [0.1, 0.15) is 0 Å². The van der Waals surface area contributed by atoms with Gasteiger partial charge in [-0.1, -0.05) is 0 Å². The van der Waals surface area contributed by atoms with Gasteiger partial charge in [-0.3, -0.25) is 4.98 Å². The maximum atomic E-state index is 5.89. The van der Waals surface area contributed by atoms with E-state index in [4.69, 9.17) is 5.73 Å². The van der Waals surface area contributed by atoms with E-state index in [0.29, 0.717) is 6.54 Å². The third-order valence-corrected chi connectivity index (χ3v) is 4.87. The summed E-state index contributed by atoms with van der Waals surface area (Å²) in [5.74, 6) is 1.19. The second-order valence-corrected chi connectivity index (χ2v) is 5.82. The van der Waals surface area contributed by atoms with Crippen LogP contribution in [-0.4, -0.2) is 17.3 Å². The fourth-order valence-electron chi connectivity index (χ4n) is 1.86. The lowest BCUT2D eigenvalue weighted by Crippen LogP contribution is -2.30. The van der Waals surface area contributed by atoms with Crippen molar-refractivity contribution in [2.24, 2.45) is 5.73 Å². The first-order chi connectivity index (χ1) is 6.78. The lowest BCUT2D eigenvalue weighted by molar-refractivity contribution is 0.580. The first kappa shape index (κ1) is 10.5. The Bertz CT molecular complexity index is 324. The average molecular weight is 273 g/mol. The van der Waals surface area contributed by atoms with Crippen molar-refractivity contribution in [2.45, 2.75) is 17.6 Å². The SMILES string of the molecule is NCC1(c2ncccc2Br)CCCS1. The Morgan fingerprint density at radius 3 is 3.07 bits per heavy atom. The van der Waals surface area contributed by atoms with Gasteiger partial charge < -0.3 is 5.73 Å². The average Bonchev–Trinajstić information content (AvgIpc) is 2.68. The molecule has 14 heavy (non-hydrogen) atoms. The Morgan fingerprint density at radius 2 is 2.50 bits per heavy atom. The zero-order valence-corrected chi connectivity index (χ0v) is 10.3. The van der Waals surface area contributed by atoms with Gasteiger partial charge in [0.25, 0.3) is 0 Å². The van der Waals surface area contributed by atoms with Gasteiger partial charge in [-0.2, -0.15) is 0 Å². The summed E-state index contributed by atoms with van der Waals surface area (Å²) < 4.78 is 1.14. The summed E-state index contributed by atoms with van der Waals surface area (Å²) in [6, 6.07) is 3.98. The van der Waals surface area contributed by atoms with Crippen molar-refractivity contribution in [3.8, 4) is 0 Å². The summed E-state index contributed by atoms with van der Waals surface area (Å²) in [5, 5.41) is 0. The van der Waals surface area contributed by atoms with Crippen LogP contribution in [0.1, 0.15) is 18.5 Å². The summed E-state index contributed by atoms with van der Waals surface area (Å²) in [5.41, 5.74) is 7.00. The molecular weight excluding hydrogens is 260 g/mol. The molecule has 1 aromatic rings. The number of rotatable bonds is 2. The molecule has 76 valence electrons. The molecule has 1 fully saturated rings. The van der Waals surface area contributed by atoms with Crippen LogP contribution in [-0.2, 0) is 4.75 Å². The highest BCUT2D eigenvalue weighted by atomic mass is 79.9. The van der Waals surface area contributed by atoms with E-state index in [1.165, 1.54) is 12.2 Å². The number of hydrogen-bond donors (Lipinski definition) is 1. The molecule has 0 aliphatic carbocycles. The third kappa shape index (κ3) is 1.71. The van der Waals surface area contributed by atoms with Crippen LogP contribution >= 0.6 is 27.7 Å². The summed E-state index contributed by atoms with van der Waals surface area (Å²) in [4.78, 5) is 4.46. The Labute approximate surface area is 96.8 Å². The van der Waals surface area contributed by atoms with Gasteiger partial charge in [0.15, 0.2) is 0 Å². The standard InChI is InChI=1S/C10H13BrN2S/c11-8-3-1-5-13-9(8)10(7-12)4-2-6-14-10/h1,3,5H,2,4,6-7,12H2. The van der Waals surface area contributed by atoms with E-state index in [2.05, 4.69) is 20.9 Å². The number of hydrogen-bond acceptors (Lipinski definition) is 3. The van der Waals surface area contributed by atoms with Crippen molar-refractivity contribution in [3.05, 3.63) is 28.5 Å². The molecule has 2 N–H and O–H groups in total. The summed E-state index contributed by atoms with van der Waals surface area (Å²) in [6.45, 7) is 0.674. The predicted octanol–water partition coefficient (Wildman–Crippen LogP) is 2.53. The Morgan fingerprint density at radius 1 is 1.64 bits per heavy atom. The minimum atomic E-state index is 0.0556. The number of halogens is 1. The molecule has 2 nitrogen and oxygen atoms in total. The van der Waals surface area contributed by atoms with Crippen LogP contribution in [0.4, 0.5) is 0 Å². The van der Waals surface area contributed by atoms with Gasteiger partial charge in [-0.15, -0.1) is 11.8 Å². The third-order valence-electron chi connectivity index (χ3n) is 2.62. The number of thioether (sulfide) groups is 1. The molecular formula is C10H13BrN2S. The Kier molecular flexibility index (Phi) is 3.14. The number of pyridine rings is 1. The van der Waals surface area contributed by atoms with Crippen molar-refractivity contribution in [2.75, 3.05) is 12.3 Å². The van der Waals surface area contributed by atoms with E-state index in [0.717, 1.165) is 16.6 Å². The molecule has 0 saturated carbocycles. The summed E-state index contributed by atoms with van der Waals surface area (Å²) in [6.07, 6.45) is 4.23. The second kappa shape index (κ2) is 4.21. The maximum absolute atomic E-state index is 5.89. The van der Waals surface area contributed by atoms with Gasteiger partial charge in [0, 0.05) is 17.2 Å². The van der Waals surface area contributed by atoms with Crippen LogP contribution in [0.5, 0.6) is 0 Å². The summed E-state index contributed by atoms with van der Waals surface area (Å²) in [7, 11) is 0. The molecule has 0 spiro atoms. The first-order valence-corrected chi connectivity index (χ1v) is 6.51. The van der Waals surface area contributed by atoms with Crippen LogP contribution in [0, 0.1) is 0 Å². The molecule has 1 aromatic heterocycles. The first-order valence-electron chi connectivity index (χ1n) is 4.73. The lowest BCUT2D eigenvalue weighted by Gasteiger charge is -2.26. The number of aromatic nitrogens is 1. The van der Waals surface area contributed by atoms with Crippen molar-refractivity contribution < 1.29 is 0 Å². The molecule has 1 aliphatic heterocycles. The van der Waals surface area contributed by atoms with Gasteiger partial charge in [-0.05, 0) is 46.7 Å². The number of nitrogens with zero attached hydrogens (tertiary/aromatic N) is 1. The fourth-order valence-corrected chi connectivity index (χ4v) is 4.01. The predicted molar refractivity (Wildman–Crippen MR) is 64.4 cm³/mol. The van der Waals surface area contributed by atoms with Crippen molar-refractivity contribution in [1.29, 1.82) is 0 Å². The highest BCUT2D eigenvalue weighted by Gasteiger charge is 2.37. The molecule has 1 atom stereocenters. The summed E-state index contributed by atoms with van der Waals surface area (Å²) >= 11 is 5.49. The van der Waals surface area contributed by atoms with E-state index in [1.807, 2.05) is 30.1 Å². The van der Waals surface area contributed by atoms with E-state index in [9.17, 15) is 0 Å². The highest BCUT2D eigenvalue weighted by Crippen LogP contribution is 2.46. The van der Waals surface area contributed by atoms with Crippen LogP contribution in [0.2, 0.25) is 0 Å². The van der Waals surface area contributed by atoms with Crippen LogP contribution in [0.3, 0.4) is 0 Å². The minimum absolute atomic E-state index is 0.0556. The maximum Gasteiger partial charge on any atom is 0.0719 e. The fraction of sp³-hybridized carbons (Fsp3) is 0.500. The second-order valence-electron chi connectivity index (χ2n) is 3.48. The van der Waals surface area contributed by atoms with E-state index >= 15 is 0 Å². The minimum Gasteiger partial charge on any atom is -0.329 e. The van der Waals surface area contributed by atoms with E-state index in [-0.39, 0.29) is 4.75 Å². The van der Waals surface area contributed by atoms with Gasteiger partial charge in [0.05, 0.1) is 10.4 Å². The largest absolute Gasteiger partial charge is 0.329 e. The van der Waals surface area contributed by atoms with Crippen molar-refractivity contribution >= 4 is 27.7 Å².